The Hall–Kier alpha value is -2.27. The van der Waals surface area contributed by atoms with E-state index in [-0.39, 0.29) is 11.8 Å². The number of rotatable bonds is 4. The highest BCUT2D eigenvalue weighted by Crippen LogP contribution is 2.20. The number of nitrogens with one attached hydrogen (secondary N) is 1. The van der Waals surface area contributed by atoms with Gasteiger partial charge in [0.25, 0.3) is 0 Å². The van der Waals surface area contributed by atoms with Crippen molar-refractivity contribution in [1.82, 2.24) is 10.2 Å². The summed E-state index contributed by atoms with van der Waals surface area (Å²) in [5.74, 6) is -0.220. The van der Waals surface area contributed by atoms with Gasteiger partial charge in [0.1, 0.15) is 5.82 Å². The lowest BCUT2D eigenvalue weighted by Crippen LogP contribution is -2.52. The molecule has 1 aliphatic heterocycles. The first kappa shape index (κ1) is 17.5. The minimum Gasteiger partial charge on any atom is -0.366 e. The van der Waals surface area contributed by atoms with E-state index in [1.165, 1.54) is 6.07 Å². The molecule has 3 rings (SSSR count). The molecule has 1 aliphatic rings. The lowest BCUT2D eigenvalue weighted by atomic mass is 10.1. The highest BCUT2D eigenvalue weighted by atomic mass is 35.5. The van der Waals surface area contributed by atoms with Gasteiger partial charge in [0, 0.05) is 37.7 Å². The molecule has 25 heavy (non-hydrogen) atoms. The normalized spacial score (nSPS) is 14.5. The zero-order valence-electron chi connectivity index (χ0n) is 13.9. The van der Waals surface area contributed by atoms with Crippen LogP contribution in [0.3, 0.4) is 0 Å². The largest absolute Gasteiger partial charge is 0.366 e. The quantitative estimate of drug-likeness (QED) is 0.903. The van der Waals surface area contributed by atoms with Crippen molar-refractivity contribution in [2.45, 2.75) is 6.42 Å². The molecule has 2 aromatic carbocycles. The van der Waals surface area contributed by atoms with Gasteiger partial charge in [-0.25, -0.2) is 9.18 Å². The van der Waals surface area contributed by atoms with E-state index in [0.29, 0.717) is 43.4 Å². The summed E-state index contributed by atoms with van der Waals surface area (Å²) in [7, 11) is 0. The molecule has 1 N–H and O–H groups in total. The molecule has 2 amide bonds. The maximum absolute atomic E-state index is 13.8. The maximum Gasteiger partial charge on any atom is 0.317 e. The van der Waals surface area contributed by atoms with Gasteiger partial charge in [-0.15, -0.1) is 0 Å². The number of halogens is 2. The van der Waals surface area contributed by atoms with Crippen LogP contribution in [0, 0.1) is 5.82 Å². The van der Waals surface area contributed by atoms with E-state index in [0.717, 1.165) is 12.0 Å². The molecule has 1 heterocycles. The molecule has 6 heteroatoms. The van der Waals surface area contributed by atoms with Crippen molar-refractivity contribution < 1.29 is 9.18 Å². The summed E-state index contributed by atoms with van der Waals surface area (Å²) in [4.78, 5) is 16.0. The van der Waals surface area contributed by atoms with Crippen LogP contribution in [0.1, 0.15) is 5.56 Å². The van der Waals surface area contributed by atoms with E-state index in [1.54, 1.807) is 17.0 Å². The topological polar surface area (TPSA) is 35.6 Å². The molecule has 1 saturated heterocycles. The van der Waals surface area contributed by atoms with Crippen molar-refractivity contribution in [2.24, 2.45) is 0 Å². The number of hydrogen-bond acceptors (Lipinski definition) is 2. The number of para-hydroxylation sites is 1. The van der Waals surface area contributed by atoms with Gasteiger partial charge in [0.15, 0.2) is 0 Å². The van der Waals surface area contributed by atoms with Crippen molar-refractivity contribution in [2.75, 3.05) is 37.6 Å². The van der Waals surface area contributed by atoms with Crippen molar-refractivity contribution in [3.05, 3.63) is 64.9 Å². The Morgan fingerprint density at radius 3 is 2.56 bits per heavy atom. The highest BCUT2D eigenvalue weighted by molar-refractivity contribution is 6.30. The zero-order chi connectivity index (χ0) is 17.6. The van der Waals surface area contributed by atoms with Crippen molar-refractivity contribution in [3.8, 4) is 0 Å². The smallest absolute Gasteiger partial charge is 0.317 e. The molecule has 4 nitrogen and oxygen atoms in total. The molecule has 132 valence electrons. The maximum atomic E-state index is 13.8. The number of urea groups is 1. The van der Waals surface area contributed by atoms with Gasteiger partial charge >= 0.3 is 6.03 Å². The summed E-state index contributed by atoms with van der Waals surface area (Å²) in [6, 6.07) is 14.3. The fourth-order valence-electron chi connectivity index (χ4n) is 2.98. The van der Waals surface area contributed by atoms with Gasteiger partial charge in [0.05, 0.1) is 5.69 Å². The number of carbonyl (C=O) groups is 1. The van der Waals surface area contributed by atoms with Gasteiger partial charge in [0.2, 0.25) is 0 Å². The van der Waals surface area contributed by atoms with Gasteiger partial charge in [-0.2, -0.15) is 0 Å². The number of nitrogens with zero attached hydrogens (tertiary/aromatic N) is 2. The first-order valence-corrected chi connectivity index (χ1v) is 8.78. The number of piperazine rings is 1. The Morgan fingerprint density at radius 2 is 1.84 bits per heavy atom. The Labute approximate surface area is 152 Å². The molecule has 0 atom stereocenters. The summed E-state index contributed by atoms with van der Waals surface area (Å²) in [6.07, 6.45) is 0.738. The molecule has 0 radical (unpaired) electrons. The van der Waals surface area contributed by atoms with E-state index in [2.05, 4.69) is 5.32 Å². The monoisotopic (exact) mass is 361 g/mol. The van der Waals surface area contributed by atoms with E-state index >= 15 is 0 Å². The van der Waals surface area contributed by atoms with Gasteiger partial charge in [-0.3, -0.25) is 0 Å². The van der Waals surface area contributed by atoms with Crippen LogP contribution in [-0.2, 0) is 6.42 Å². The molecule has 0 saturated carbocycles. The Morgan fingerprint density at radius 1 is 1.08 bits per heavy atom. The minimum absolute atomic E-state index is 0.0739. The van der Waals surface area contributed by atoms with E-state index < -0.39 is 0 Å². The molecule has 0 spiro atoms. The van der Waals surface area contributed by atoms with Crippen molar-refractivity contribution in [1.29, 1.82) is 0 Å². The first-order chi connectivity index (χ1) is 12.1. The lowest BCUT2D eigenvalue weighted by Gasteiger charge is -2.36. The SMILES string of the molecule is O=C(NCCc1cccc(Cl)c1)N1CCN(c2ccccc2F)CC1. The standard InChI is InChI=1S/C19H21ClFN3O/c20-16-5-3-4-15(14-16)8-9-22-19(25)24-12-10-23(11-13-24)18-7-2-1-6-17(18)21/h1-7,14H,8-13H2,(H,22,25). The summed E-state index contributed by atoms with van der Waals surface area (Å²) < 4.78 is 13.8. The third-order valence-corrected chi connectivity index (χ3v) is 4.57. The van der Waals surface area contributed by atoms with Crippen LogP contribution < -0.4 is 10.2 Å². The molecule has 0 aromatic heterocycles. The van der Waals surface area contributed by atoms with Crippen LogP contribution in [0.4, 0.5) is 14.9 Å². The Kier molecular flexibility index (Phi) is 5.76. The third-order valence-electron chi connectivity index (χ3n) is 4.34. The highest BCUT2D eigenvalue weighted by Gasteiger charge is 2.22. The summed E-state index contributed by atoms with van der Waals surface area (Å²) in [5.41, 5.74) is 1.70. The van der Waals surface area contributed by atoms with E-state index in [1.807, 2.05) is 35.2 Å². The minimum atomic E-state index is -0.220. The number of anilines is 1. The molecular weight excluding hydrogens is 341 g/mol. The molecule has 0 bridgehead atoms. The van der Waals surface area contributed by atoms with Crippen LogP contribution in [0.15, 0.2) is 48.5 Å². The van der Waals surface area contributed by atoms with Gasteiger partial charge in [-0.05, 0) is 36.2 Å². The van der Waals surface area contributed by atoms with E-state index in [4.69, 9.17) is 11.6 Å². The van der Waals surface area contributed by atoms with Crippen LogP contribution in [0.5, 0.6) is 0 Å². The number of carbonyl (C=O) groups excluding carboxylic acids is 1. The van der Waals surface area contributed by atoms with Crippen molar-refractivity contribution in [3.63, 3.8) is 0 Å². The molecule has 0 aliphatic carbocycles. The number of hydrogen-bond donors (Lipinski definition) is 1. The van der Waals surface area contributed by atoms with Crippen LogP contribution in [0.25, 0.3) is 0 Å². The predicted molar refractivity (Wildman–Crippen MR) is 98.7 cm³/mol. The average Bonchev–Trinajstić information content (AvgIpc) is 2.62. The Bertz CT molecular complexity index is 732. The number of amides is 2. The average molecular weight is 362 g/mol. The molecule has 1 fully saturated rings. The van der Waals surface area contributed by atoms with Crippen LogP contribution in [0.2, 0.25) is 5.02 Å². The number of benzene rings is 2. The fraction of sp³-hybridized carbons (Fsp3) is 0.316. The summed E-state index contributed by atoms with van der Waals surface area (Å²) in [6.45, 7) is 2.98. The van der Waals surface area contributed by atoms with Crippen LogP contribution in [-0.4, -0.2) is 43.7 Å². The third kappa shape index (κ3) is 4.63. The second kappa shape index (κ2) is 8.21. The van der Waals surface area contributed by atoms with Crippen molar-refractivity contribution >= 4 is 23.3 Å². The fourth-order valence-corrected chi connectivity index (χ4v) is 3.19. The molecule has 0 unspecified atom stereocenters. The first-order valence-electron chi connectivity index (χ1n) is 8.40. The lowest BCUT2D eigenvalue weighted by molar-refractivity contribution is 0.194. The summed E-state index contributed by atoms with van der Waals surface area (Å²) >= 11 is 5.96. The van der Waals surface area contributed by atoms with E-state index in [9.17, 15) is 9.18 Å². The van der Waals surface area contributed by atoms with Gasteiger partial charge in [-0.1, -0.05) is 35.9 Å². The molecule has 2 aromatic rings. The summed E-state index contributed by atoms with van der Waals surface area (Å²) in [5, 5.41) is 3.64. The molecular formula is C19H21ClFN3O. The second-order valence-electron chi connectivity index (χ2n) is 6.04. The zero-order valence-corrected chi connectivity index (χ0v) is 14.7. The predicted octanol–water partition coefficient (Wildman–Crippen LogP) is 3.55. The van der Waals surface area contributed by atoms with Crippen LogP contribution >= 0.6 is 11.6 Å². The second-order valence-corrected chi connectivity index (χ2v) is 6.47. The van der Waals surface area contributed by atoms with Gasteiger partial charge < -0.3 is 15.1 Å². The Balaban J connectivity index is 1.45.